The highest BCUT2D eigenvalue weighted by atomic mass is 19.3. The van der Waals surface area contributed by atoms with Crippen LogP contribution in [0.25, 0.3) is 11.1 Å². The summed E-state index contributed by atoms with van der Waals surface area (Å²) in [6.45, 7) is 6.62. The maximum absolute atomic E-state index is 13.7. The molecule has 6 rings (SSSR count). The molecule has 2 saturated heterocycles. The van der Waals surface area contributed by atoms with Gasteiger partial charge in [-0.25, -0.2) is 0 Å². The Morgan fingerprint density at radius 3 is 2.73 bits per heavy atom. The number of morpholine rings is 1. The number of carbonyl (C=O) groups excluding carboxylic acids is 1. The predicted octanol–water partition coefficient (Wildman–Crippen LogP) is 5.20. The molecular weight excluding hydrogens is 476 g/mol. The molecule has 2 aromatic carbocycles. The minimum Gasteiger partial charge on any atom is -0.380 e. The van der Waals surface area contributed by atoms with Crippen LogP contribution in [0, 0.1) is 12.3 Å². The number of alkyl halides is 2. The Kier molecular flexibility index (Phi) is 5.76. The minimum atomic E-state index is -3.12. The molecular formula is C29H29F2N3O3. The molecule has 6 nitrogen and oxygen atoms in total. The van der Waals surface area contributed by atoms with Crippen LogP contribution < -0.4 is 10.2 Å². The zero-order chi connectivity index (χ0) is 25.8. The monoisotopic (exact) mass is 505 g/mol. The van der Waals surface area contributed by atoms with E-state index in [0.717, 1.165) is 55.9 Å². The van der Waals surface area contributed by atoms with Crippen LogP contribution in [0.1, 0.15) is 34.1 Å². The lowest BCUT2D eigenvalue weighted by atomic mass is 9.69. The molecule has 37 heavy (non-hydrogen) atoms. The molecule has 1 amide bonds. The van der Waals surface area contributed by atoms with Crippen molar-refractivity contribution in [2.24, 2.45) is 5.41 Å². The molecule has 3 aliphatic heterocycles. The first-order valence-corrected chi connectivity index (χ1v) is 12.6. The van der Waals surface area contributed by atoms with Crippen LogP contribution in [0.5, 0.6) is 0 Å². The molecule has 192 valence electrons. The Bertz CT molecular complexity index is 1370. The van der Waals surface area contributed by atoms with Crippen molar-refractivity contribution in [2.75, 3.05) is 43.2 Å². The third-order valence-corrected chi connectivity index (χ3v) is 7.83. The van der Waals surface area contributed by atoms with Gasteiger partial charge in [-0.15, -0.1) is 0 Å². The molecule has 0 aliphatic carbocycles. The Balaban J connectivity index is 1.29. The number of fused-ring (bicyclic) bond motifs is 4. The normalized spacial score (nSPS) is 20.1. The van der Waals surface area contributed by atoms with E-state index in [9.17, 15) is 13.6 Å². The number of halogens is 2. The van der Waals surface area contributed by atoms with Crippen LogP contribution in [-0.4, -0.2) is 49.9 Å². The smallest absolute Gasteiger partial charge is 0.286 e. The molecule has 2 fully saturated rings. The van der Waals surface area contributed by atoms with E-state index in [1.165, 1.54) is 23.5 Å². The topological polar surface area (TPSA) is 63.7 Å². The van der Waals surface area contributed by atoms with Crippen LogP contribution in [0.3, 0.4) is 0 Å². The number of pyridine rings is 1. The quantitative estimate of drug-likeness (QED) is 0.528. The Hall–Kier alpha value is -3.36. The van der Waals surface area contributed by atoms with Crippen molar-refractivity contribution in [2.45, 2.75) is 32.2 Å². The van der Waals surface area contributed by atoms with Crippen LogP contribution in [0.4, 0.5) is 20.2 Å². The third kappa shape index (κ3) is 4.28. The van der Waals surface area contributed by atoms with Crippen molar-refractivity contribution in [3.8, 4) is 11.1 Å². The number of hydrogen-bond acceptors (Lipinski definition) is 5. The van der Waals surface area contributed by atoms with E-state index in [-0.39, 0.29) is 11.0 Å². The van der Waals surface area contributed by atoms with Gasteiger partial charge in [0.05, 0.1) is 32.5 Å². The molecule has 4 heterocycles. The van der Waals surface area contributed by atoms with Gasteiger partial charge in [0.15, 0.2) is 0 Å². The minimum absolute atomic E-state index is 0.129. The Labute approximate surface area is 214 Å². The lowest BCUT2D eigenvalue weighted by Gasteiger charge is -2.56. The summed E-state index contributed by atoms with van der Waals surface area (Å²) in [5, 5.41) is 2.86. The third-order valence-electron chi connectivity index (χ3n) is 7.83. The fourth-order valence-electron chi connectivity index (χ4n) is 5.73. The van der Waals surface area contributed by atoms with E-state index in [1.54, 1.807) is 0 Å². The van der Waals surface area contributed by atoms with Crippen molar-refractivity contribution < 1.29 is 23.0 Å². The van der Waals surface area contributed by atoms with E-state index in [0.29, 0.717) is 24.9 Å². The number of aromatic nitrogens is 1. The van der Waals surface area contributed by atoms with Crippen molar-refractivity contribution in [1.29, 1.82) is 0 Å². The van der Waals surface area contributed by atoms with Gasteiger partial charge in [-0.05, 0) is 65.9 Å². The first-order chi connectivity index (χ1) is 17.7. The number of carbonyl (C=O) groups is 1. The van der Waals surface area contributed by atoms with Gasteiger partial charge in [0.25, 0.3) is 11.8 Å². The van der Waals surface area contributed by atoms with E-state index < -0.39 is 17.5 Å². The molecule has 0 saturated carbocycles. The average Bonchev–Trinajstić information content (AvgIpc) is 2.87. The zero-order valence-corrected chi connectivity index (χ0v) is 20.9. The summed E-state index contributed by atoms with van der Waals surface area (Å²) in [7, 11) is 0. The Morgan fingerprint density at radius 2 is 1.97 bits per heavy atom. The average molecular weight is 506 g/mol. The number of aryl methyl sites for hydroxylation is 1. The van der Waals surface area contributed by atoms with Crippen molar-refractivity contribution >= 4 is 17.3 Å². The summed E-state index contributed by atoms with van der Waals surface area (Å²) in [4.78, 5) is 19.0. The fourth-order valence-corrected chi connectivity index (χ4v) is 5.73. The summed E-state index contributed by atoms with van der Waals surface area (Å²) in [6.07, 6.45) is 2.21. The van der Waals surface area contributed by atoms with Crippen LogP contribution in [0.15, 0.2) is 54.7 Å². The van der Waals surface area contributed by atoms with E-state index in [1.807, 2.05) is 25.1 Å². The number of anilines is 2. The van der Waals surface area contributed by atoms with E-state index in [4.69, 9.17) is 9.47 Å². The van der Waals surface area contributed by atoms with Crippen LogP contribution in [0.2, 0.25) is 0 Å². The van der Waals surface area contributed by atoms with Gasteiger partial charge in [0.2, 0.25) is 0 Å². The lowest BCUT2D eigenvalue weighted by molar-refractivity contribution is -0.145. The van der Waals surface area contributed by atoms with Crippen molar-refractivity contribution in [1.82, 2.24) is 4.98 Å². The number of nitrogens with zero attached hydrogens (tertiary/aromatic N) is 2. The molecule has 1 N–H and O–H groups in total. The molecule has 1 unspecified atom stereocenters. The first kappa shape index (κ1) is 24.0. The van der Waals surface area contributed by atoms with Crippen LogP contribution >= 0.6 is 0 Å². The van der Waals surface area contributed by atoms with Crippen molar-refractivity contribution in [3.63, 3.8) is 0 Å². The highest BCUT2D eigenvalue weighted by Gasteiger charge is 2.52. The first-order valence-electron chi connectivity index (χ1n) is 12.6. The summed E-state index contributed by atoms with van der Waals surface area (Å²) < 4.78 is 38.9. The number of rotatable bonds is 4. The molecule has 1 spiro atoms. The van der Waals surface area contributed by atoms with Gasteiger partial charge in [-0.2, -0.15) is 8.78 Å². The van der Waals surface area contributed by atoms with E-state index >= 15 is 0 Å². The van der Waals surface area contributed by atoms with E-state index in [2.05, 4.69) is 33.4 Å². The summed E-state index contributed by atoms with van der Waals surface area (Å²) in [6, 6.07) is 15.2. The molecule has 8 heteroatoms. The highest BCUT2D eigenvalue weighted by molar-refractivity contribution is 6.04. The summed E-state index contributed by atoms with van der Waals surface area (Å²) in [5.74, 6) is -3.58. The highest BCUT2D eigenvalue weighted by Crippen LogP contribution is 2.47. The molecule has 1 aromatic heterocycles. The van der Waals surface area contributed by atoms with Gasteiger partial charge in [-0.1, -0.05) is 18.2 Å². The molecule has 0 radical (unpaired) electrons. The number of benzene rings is 2. The standard InChI is InChI=1S/C29H29F2N3O3/c1-18-3-6-22(33-27(35)20-7-8-32-25(12-20)28(2,30)31)13-23(18)19-4-5-21-14-29(16-37-17-29)26-15-36-10-9-34(26)24(21)11-19/h3-8,11-13,26H,9-10,14-17H2,1-2H3,(H,33,35). The number of ether oxygens (including phenoxy) is 2. The summed E-state index contributed by atoms with van der Waals surface area (Å²) >= 11 is 0. The second-order valence-electron chi connectivity index (χ2n) is 10.5. The number of amides is 1. The Morgan fingerprint density at radius 1 is 1.14 bits per heavy atom. The zero-order valence-electron chi connectivity index (χ0n) is 20.9. The number of hydrogen-bond donors (Lipinski definition) is 1. The second-order valence-corrected chi connectivity index (χ2v) is 10.5. The number of nitrogens with one attached hydrogen (secondary N) is 1. The molecule has 1 atom stereocenters. The van der Waals surface area contributed by atoms with Crippen molar-refractivity contribution in [3.05, 3.63) is 77.1 Å². The maximum Gasteiger partial charge on any atom is 0.286 e. The van der Waals surface area contributed by atoms with Gasteiger partial charge >= 0.3 is 0 Å². The molecule has 3 aliphatic rings. The predicted molar refractivity (Wildman–Crippen MR) is 137 cm³/mol. The fraction of sp³-hybridized carbons (Fsp3) is 0.379. The summed E-state index contributed by atoms with van der Waals surface area (Å²) in [5.41, 5.74) is 6.14. The van der Waals surface area contributed by atoms with Gasteiger partial charge in [-0.3, -0.25) is 9.78 Å². The molecule has 3 aromatic rings. The van der Waals surface area contributed by atoms with Gasteiger partial charge < -0.3 is 19.7 Å². The SMILES string of the molecule is Cc1ccc(NC(=O)c2ccnc(C(C)(F)F)c2)cc1-c1ccc2c(c1)N1CCOCC1C1(COC1)C2. The molecule has 0 bridgehead atoms. The largest absolute Gasteiger partial charge is 0.380 e. The second kappa shape index (κ2) is 8.89. The van der Waals surface area contributed by atoms with Gasteiger partial charge in [0.1, 0.15) is 5.69 Å². The lowest BCUT2D eigenvalue weighted by Crippen LogP contribution is -2.65. The van der Waals surface area contributed by atoms with Crippen LogP contribution in [-0.2, 0) is 21.8 Å². The van der Waals surface area contributed by atoms with Gasteiger partial charge in [0, 0.05) is 42.0 Å². The maximum atomic E-state index is 13.7.